The molecule has 0 amide bonds. The number of hydrogen-bond donors (Lipinski definition) is 0. The maximum absolute atomic E-state index is 12.3. The van der Waals surface area contributed by atoms with Crippen molar-refractivity contribution in [2.45, 2.75) is 6.36 Å². The normalized spacial score (nSPS) is 11.2. The monoisotopic (exact) mass is 346 g/mol. The molecule has 2 aromatic rings. The minimum absolute atomic E-state index is 0.273. The first-order valence-electron chi connectivity index (χ1n) is 5.58. The molecule has 0 aromatic heterocycles. The van der Waals surface area contributed by atoms with Gasteiger partial charge in [0, 0.05) is 4.47 Å². The van der Waals surface area contributed by atoms with Gasteiger partial charge in [0.15, 0.2) is 0 Å². The van der Waals surface area contributed by atoms with E-state index >= 15 is 0 Å². The molecule has 0 bridgehead atoms. The SMILES string of the molecule is COc1cccc(-c2cc(Br)cc(OC(F)(F)F)c2)c1. The lowest BCUT2D eigenvalue weighted by Crippen LogP contribution is -2.17. The Bertz CT molecular complexity index is 612. The van der Waals surface area contributed by atoms with E-state index in [4.69, 9.17) is 4.74 Å². The van der Waals surface area contributed by atoms with E-state index in [-0.39, 0.29) is 5.75 Å². The highest BCUT2D eigenvalue weighted by molar-refractivity contribution is 9.10. The highest BCUT2D eigenvalue weighted by Gasteiger charge is 2.31. The summed E-state index contributed by atoms with van der Waals surface area (Å²) in [6, 6.07) is 11.3. The van der Waals surface area contributed by atoms with Crippen LogP contribution in [-0.4, -0.2) is 13.5 Å². The standard InChI is InChI=1S/C14H10BrF3O2/c1-19-12-4-2-3-9(6-12)10-5-11(15)8-13(7-10)20-14(16,17)18/h2-8H,1H3. The van der Waals surface area contributed by atoms with Gasteiger partial charge in [0.2, 0.25) is 0 Å². The molecular weight excluding hydrogens is 337 g/mol. The van der Waals surface area contributed by atoms with Crippen LogP contribution in [0.3, 0.4) is 0 Å². The number of methoxy groups -OCH3 is 1. The molecule has 20 heavy (non-hydrogen) atoms. The molecule has 0 unspecified atom stereocenters. The second kappa shape index (κ2) is 5.75. The van der Waals surface area contributed by atoms with Crippen LogP contribution in [0.4, 0.5) is 13.2 Å². The van der Waals surface area contributed by atoms with Crippen LogP contribution in [0, 0.1) is 0 Å². The van der Waals surface area contributed by atoms with Crippen molar-refractivity contribution in [3.63, 3.8) is 0 Å². The average Bonchev–Trinajstić information content (AvgIpc) is 2.36. The van der Waals surface area contributed by atoms with Gasteiger partial charge in [-0.25, -0.2) is 0 Å². The highest BCUT2D eigenvalue weighted by atomic mass is 79.9. The molecule has 0 radical (unpaired) electrons. The third kappa shape index (κ3) is 3.90. The molecule has 106 valence electrons. The van der Waals surface area contributed by atoms with Gasteiger partial charge in [-0.15, -0.1) is 13.2 Å². The minimum atomic E-state index is -4.72. The van der Waals surface area contributed by atoms with E-state index in [2.05, 4.69) is 20.7 Å². The summed E-state index contributed by atoms with van der Waals surface area (Å²) >= 11 is 3.17. The number of alkyl halides is 3. The number of hydrogen-bond acceptors (Lipinski definition) is 2. The Kier molecular flexibility index (Phi) is 4.23. The zero-order valence-electron chi connectivity index (χ0n) is 10.4. The van der Waals surface area contributed by atoms with Crippen molar-refractivity contribution in [3.05, 3.63) is 46.9 Å². The fraction of sp³-hybridized carbons (Fsp3) is 0.143. The fourth-order valence-electron chi connectivity index (χ4n) is 1.72. The first-order valence-corrected chi connectivity index (χ1v) is 6.37. The second-order valence-corrected chi connectivity index (χ2v) is 4.87. The predicted octanol–water partition coefficient (Wildman–Crippen LogP) is 5.02. The lowest BCUT2D eigenvalue weighted by Gasteiger charge is -2.11. The number of halogens is 4. The van der Waals surface area contributed by atoms with Crippen molar-refractivity contribution < 1.29 is 22.6 Å². The molecule has 2 nitrogen and oxygen atoms in total. The van der Waals surface area contributed by atoms with Crippen molar-refractivity contribution in [2.75, 3.05) is 7.11 Å². The van der Waals surface area contributed by atoms with Gasteiger partial charge in [-0.2, -0.15) is 0 Å². The first kappa shape index (κ1) is 14.7. The molecule has 0 fully saturated rings. The maximum atomic E-state index is 12.3. The summed E-state index contributed by atoms with van der Waals surface area (Å²) < 4.78 is 46.3. The molecule has 0 aliphatic heterocycles. The van der Waals surface area contributed by atoms with Crippen LogP contribution in [0.1, 0.15) is 0 Å². The van der Waals surface area contributed by atoms with Gasteiger partial charge in [0.05, 0.1) is 7.11 Å². The number of benzene rings is 2. The third-order valence-electron chi connectivity index (χ3n) is 2.51. The Morgan fingerprint density at radius 1 is 0.950 bits per heavy atom. The zero-order chi connectivity index (χ0) is 14.8. The first-order chi connectivity index (χ1) is 9.37. The van der Waals surface area contributed by atoms with E-state index < -0.39 is 6.36 Å². The Morgan fingerprint density at radius 3 is 2.30 bits per heavy atom. The van der Waals surface area contributed by atoms with Gasteiger partial charge in [0.25, 0.3) is 0 Å². The molecule has 6 heteroatoms. The molecular formula is C14H10BrF3O2. The molecule has 2 rings (SSSR count). The summed E-state index contributed by atoms with van der Waals surface area (Å²) in [6.45, 7) is 0. The molecule has 0 spiro atoms. The summed E-state index contributed by atoms with van der Waals surface area (Å²) in [4.78, 5) is 0. The van der Waals surface area contributed by atoms with Crippen LogP contribution in [0.2, 0.25) is 0 Å². The largest absolute Gasteiger partial charge is 0.573 e. The number of rotatable bonds is 3. The second-order valence-electron chi connectivity index (χ2n) is 3.96. The molecule has 0 saturated heterocycles. The lowest BCUT2D eigenvalue weighted by atomic mass is 10.1. The Balaban J connectivity index is 2.41. The molecule has 0 heterocycles. The summed E-state index contributed by atoms with van der Waals surface area (Å²) in [6.07, 6.45) is -4.72. The summed E-state index contributed by atoms with van der Waals surface area (Å²) in [5.41, 5.74) is 1.33. The average molecular weight is 347 g/mol. The fourth-order valence-corrected chi connectivity index (χ4v) is 2.20. The van der Waals surface area contributed by atoms with E-state index in [1.54, 1.807) is 30.3 Å². The summed E-state index contributed by atoms with van der Waals surface area (Å²) in [5.74, 6) is 0.352. The van der Waals surface area contributed by atoms with Crippen molar-refractivity contribution in [1.82, 2.24) is 0 Å². The van der Waals surface area contributed by atoms with Crippen LogP contribution < -0.4 is 9.47 Å². The van der Waals surface area contributed by atoms with Gasteiger partial charge in [-0.1, -0.05) is 28.1 Å². The quantitative estimate of drug-likeness (QED) is 0.776. The molecule has 0 aliphatic rings. The van der Waals surface area contributed by atoms with Crippen molar-refractivity contribution in [3.8, 4) is 22.6 Å². The zero-order valence-corrected chi connectivity index (χ0v) is 12.0. The van der Waals surface area contributed by atoms with E-state index in [9.17, 15) is 13.2 Å². The van der Waals surface area contributed by atoms with Gasteiger partial charge in [-0.3, -0.25) is 0 Å². The van der Waals surface area contributed by atoms with Crippen LogP contribution in [0.5, 0.6) is 11.5 Å². The lowest BCUT2D eigenvalue weighted by molar-refractivity contribution is -0.274. The molecule has 0 N–H and O–H groups in total. The van der Waals surface area contributed by atoms with Crippen LogP contribution in [0.25, 0.3) is 11.1 Å². The van der Waals surface area contributed by atoms with E-state index in [0.717, 1.165) is 5.56 Å². The third-order valence-corrected chi connectivity index (χ3v) is 2.97. The Labute approximate surface area is 122 Å². The number of ether oxygens (including phenoxy) is 2. The van der Waals surface area contributed by atoms with Gasteiger partial charge in [-0.05, 0) is 41.5 Å². The van der Waals surface area contributed by atoms with Crippen LogP contribution in [-0.2, 0) is 0 Å². The molecule has 2 aromatic carbocycles. The van der Waals surface area contributed by atoms with Crippen molar-refractivity contribution in [1.29, 1.82) is 0 Å². The molecule has 0 atom stereocenters. The minimum Gasteiger partial charge on any atom is -0.497 e. The van der Waals surface area contributed by atoms with Gasteiger partial charge in [0.1, 0.15) is 11.5 Å². The van der Waals surface area contributed by atoms with Crippen LogP contribution in [0.15, 0.2) is 46.9 Å². The summed E-state index contributed by atoms with van der Waals surface area (Å²) in [5, 5.41) is 0. The molecule has 0 aliphatic carbocycles. The Hall–Kier alpha value is -1.69. The van der Waals surface area contributed by atoms with E-state index in [1.807, 2.05) is 0 Å². The van der Waals surface area contributed by atoms with E-state index in [1.165, 1.54) is 19.2 Å². The van der Waals surface area contributed by atoms with Gasteiger partial charge < -0.3 is 9.47 Å². The maximum Gasteiger partial charge on any atom is 0.573 e. The van der Waals surface area contributed by atoms with Gasteiger partial charge >= 0.3 is 6.36 Å². The smallest absolute Gasteiger partial charge is 0.497 e. The van der Waals surface area contributed by atoms with Crippen LogP contribution >= 0.6 is 15.9 Å². The Morgan fingerprint density at radius 2 is 1.65 bits per heavy atom. The van der Waals surface area contributed by atoms with Crippen molar-refractivity contribution in [2.24, 2.45) is 0 Å². The topological polar surface area (TPSA) is 18.5 Å². The predicted molar refractivity (Wildman–Crippen MR) is 72.8 cm³/mol. The van der Waals surface area contributed by atoms with Crippen molar-refractivity contribution >= 4 is 15.9 Å². The molecule has 0 saturated carbocycles. The summed E-state index contributed by atoms with van der Waals surface area (Å²) in [7, 11) is 1.53. The van der Waals surface area contributed by atoms with E-state index in [0.29, 0.717) is 15.8 Å². The highest BCUT2D eigenvalue weighted by Crippen LogP contribution is 2.32.